The molecule has 0 amide bonds. The van der Waals surface area contributed by atoms with Crippen molar-refractivity contribution in [1.82, 2.24) is 4.90 Å². The summed E-state index contributed by atoms with van der Waals surface area (Å²) >= 11 is 0. The minimum Gasteiger partial charge on any atom is -0.392 e. The Morgan fingerprint density at radius 1 is 1.44 bits per heavy atom. The fourth-order valence-electron chi connectivity index (χ4n) is 2.18. The smallest absolute Gasteiger partial charge is 0.123 e. The van der Waals surface area contributed by atoms with E-state index >= 15 is 0 Å². The van der Waals surface area contributed by atoms with Crippen LogP contribution in [0.3, 0.4) is 0 Å². The summed E-state index contributed by atoms with van der Waals surface area (Å²) in [5, 5.41) is 18.3. The molecule has 1 aliphatic rings. The van der Waals surface area contributed by atoms with Crippen molar-refractivity contribution in [3.05, 3.63) is 35.6 Å². The molecule has 0 spiro atoms. The third-order valence-corrected chi connectivity index (χ3v) is 2.91. The van der Waals surface area contributed by atoms with Gasteiger partial charge in [-0.15, -0.1) is 0 Å². The summed E-state index contributed by atoms with van der Waals surface area (Å²) < 4.78 is 12.8. The number of hydrogen-bond donors (Lipinski definition) is 1. The van der Waals surface area contributed by atoms with Crippen LogP contribution < -0.4 is 0 Å². The Labute approximate surface area is 93.7 Å². The van der Waals surface area contributed by atoms with Gasteiger partial charge in [0.1, 0.15) is 5.82 Å². The zero-order chi connectivity index (χ0) is 11.5. The molecular weight excluding hydrogens is 207 g/mol. The minimum atomic E-state index is -0.400. The molecule has 1 aromatic carbocycles. The number of aliphatic hydroxyl groups excluding tert-OH is 1. The second-order valence-electron chi connectivity index (χ2n) is 4.04. The molecule has 4 heteroatoms. The van der Waals surface area contributed by atoms with E-state index < -0.39 is 6.10 Å². The average Bonchev–Trinajstić information content (AvgIpc) is 2.61. The van der Waals surface area contributed by atoms with Crippen LogP contribution in [0.2, 0.25) is 0 Å². The maximum Gasteiger partial charge on any atom is 0.123 e. The number of hydrogen-bond acceptors (Lipinski definition) is 3. The van der Waals surface area contributed by atoms with Gasteiger partial charge in [0, 0.05) is 12.6 Å². The summed E-state index contributed by atoms with van der Waals surface area (Å²) in [5.41, 5.74) is 0.952. The highest BCUT2D eigenvalue weighted by Crippen LogP contribution is 2.31. The summed E-state index contributed by atoms with van der Waals surface area (Å²) in [7, 11) is 0. The van der Waals surface area contributed by atoms with Gasteiger partial charge in [-0.05, 0) is 24.1 Å². The molecule has 0 aliphatic carbocycles. The second-order valence-corrected chi connectivity index (χ2v) is 4.04. The van der Waals surface area contributed by atoms with Gasteiger partial charge in [0.15, 0.2) is 0 Å². The first-order valence-electron chi connectivity index (χ1n) is 5.25. The van der Waals surface area contributed by atoms with Gasteiger partial charge in [-0.2, -0.15) is 5.26 Å². The SMILES string of the molecule is N#CCN1C[C@@H](O)C[C@@H]1c1ccc(F)cc1. The van der Waals surface area contributed by atoms with E-state index in [0.717, 1.165) is 5.56 Å². The molecule has 84 valence electrons. The van der Waals surface area contributed by atoms with Crippen molar-refractivity contribution in [3.63, 3.8) is 0 Å². The van der Waals surface area contributed by atoms with Gasteiger partial charge < -0.3 is 5.11 Å². The zero-order valence-electron chi connectivity index (χ0n) is 8.81. The fourth-order valence-corrected chi connectivity index (χ4v) is 2.18. The molecule has 0 unspecified atom stereocenters. The molecule has 2 atom stereocenters. The Kier molecular flexibility index (Phi) is 3.18. The van der Waals surface area contributed by atoms with Gasteiger partial charge in [0.25, 0.3) is 0 Å². The molecule has 1 aliphatic heterocycles. The van der Waals surface area contributed by atoms with Crippen LogP contribution in [0.4, 0.5) is 4.39 Å². The number of nitrogens with zero attached hydrogens (tertiary/aromatic N) is 2. The summed E-state index contributed by atoms with van der Waals surface area (Å²) in [6.45, 7) is 0.800. The molecule has 1 fully saturated rings. The Bertz CT molecular complexity index is 398. The standard InChI is InChI=1S/C12H13FN2O/c13-10-3-1-9(2-4-10)12-7-11(16)8-15(12)6-5-14/h1-4,11-12,16H,6-8H2/t11-,12+/m0/s1. The average molecular weight is 220 g/mol. The minimum absolute atomic E-state index is 0.0234. The molecule has 1 N–H and O–H groups in total. The highest BCUT2D eigenvalue weighted by atomic mass is 19.1. The lowest BCUT2D eigenvalue weighted by atomic mass is 10.0. The Morgan fingerprint density at radius 2 is 2.12 bits per heavy atom. The van der Waals surface area contributed by atoms with E-state index in [2.05, 4.69) is 6.07 Å². The predicted molar refractivity (Wildman–Crippen MR) is 57.0 cm³/mol. The van der Waals surface area contributed by atoms with Crippen LogP contribution >= 0.6 is 0 Å². The van der Waals surface area contributed by atoms with Gasteiger partial charge in [-0.1, -0.05) is 12.1 Å². The predicted octanol–water partition coefficient (Wildman–Crippen LogP) is 1.46. The van der Waals surface area contributed by atoms with Crippen molar-refractivity contribution in [3.8, 4) is 6.07 Å². The number of halogens is 1. The maximum atomic E-state index is 12.8. The van der Waals surface area contributed by atoms with Crippen molar-refractivity contribution in [1.29, 1.82) is 5.26 Å². The molecule has 0 bridgehead atoms. The monoisotopic (exact) mass is 220 g/mol. The third-order valence-electron chi connectivity index (χ3n) is 2.91. The molecular formula is C12H13FN2O. The third kappa shape index (κ3) is 2.21. The molecule has 3 nitrogen and oxygen atoms in total. The molecule has 0 aromatic heterocycles. The van der Waals surface area contributed by atoms with E-state index in [9.17, 15) is 9.50 Å². The first-order chi connectivity index (χ1) is 7.70. The van der Waals surface area contributed by atoms with Gasteiger partial charge >= 0.3 is 0 Å². The normalized spacial score (nSPS) is 25.6. The number of likely N-dealkylation sites (tertiary alicyclic amines) is 1. The van der Waals surface area contributed by atoms with Crippen LogP contribution in [0.25, 0.3) is 0 Å². The van der Waals surface area contributed by atoms with Gasteiger partial charge in [-0.3, -0.25) is 4.90 Å². The van der Waals surface area contributed by atoms with E-state index in [1.807, 2.05) is 4.90 Å². The van der Waals surface area contributed by atoms with Gasteiger partial charge in [0.05, 0.1) is 18.7 Å². The van der Waals surface area contributed by atoms with Crippen LogP contribution in [0.1, 0.15) is 18.0 Å². The lowest BCUT2D eigenvalue weighted by Crippen LogP contribution is -2.25. The van der Waals surface area contributed by atoms with Gasteiger partial charge in [0.2, 0.25) is 0 Å². The summed E-state index contributed by atoms with van der Waals surface area (Å²) in [6.07, 6.45) is 0.205. The largest absolute Gasteiger partial charge is 0.392 e. The quantitative estimate of drug-likeness (QED) is 0.767. The van der Waals surface area contributed by atoms with E-state index in [1.165, 1.54) is 12.1 Å². The first kappa shape index (κ1) is 11.1. The van der Waals surface area contributed by atoms with Crippen molar-refractivity contribution in [2.24, 2.45) is 0 Å². The van der Waals surface area contributed by atoms with Crippen LogP contribution in [-0.4, -0.2) is 29.2 Å². The summed E-state index contributed by atoms with van der Waals surface area (Å²) in [4.78, 5) is 1.91. The molecule has 1 aromatic rings. The van der Waals surface area contributed by atoms with Crippen molar-refractivity contribution < 1.29 is 9.50 Å². The molecule has 16 heavy (non-hydrogen) atoms. The first-order valence-corrected chi connectivity index (χ1v) is 5.25. The van der Waals surface area contributed by atoms with Crippen LogP contribution in [0.5, 0.6) is 0 Å². The van der Waals surface area contributed by atoms with Gasteiger partial charge in [-0.25, -0.2) is 4.39 Å². The summed E-state index contributed by atoms with van der Waals surface area (Å²) in [5.74, 6) is -0.269. The Morgan fingerprint density at radius 3 is 2.75 bits per heavy atom. The van der Waals surface area contributed by atoms with Crippen molar-refractivity contribution in [2.45, 2.75) is 18.6 Å². The molecule has 0 radical (unpaired) electrons. The fraction of sp³-hybridized carbons (Fsp3) is 0.417. The van der Waals surface area contributed by atoms with Crippen LogP contribution in [0.15, 0.2) is 24.3 Å². The number of β-amino-alcohol motifs (C(OH)–C–C–N with tert-alkyl or cyclic N) is 1. The number of rotatable bonds is 2. The van der Waals surface area contributed by atoms with Crippen molar-refractivity contribution in [2.75, 3.05) is 13.1 Å². The Hall–Kier alpha value is -1.44. The molecule has 2 rings (SSSR count). The van der Waals surface area contributed by atoms with Crippen LogP contribution in [-0.2, 0) is 0 Å². The topological polar surface area (TPSA) is 47.3 Å². The molecule has 1 saturated heterocycles. The van der Waals surface area contributed by atoms with Crippen LogP contribution in [0, 0.1) is 17.1 Å². The molecule has 0 saturated carbocycles. The highest BCUT2D eigenvalue weighted by Gasteiger charge is 2.31. The summed E-state index contributed by atoms with van der Waals surface area (Å²) in [6, 6.07) is 8.34. The van der Waals surface area contributed by atoms with E-state index in [1.54, 1.807) is 12.1 Å². The van der Waals surface area contributed by atoms with E-state index in [-0.39, 0.29) is 11.9 Å². The number of aliphatic hydroxyl groups is 1. The van der Waals surface area contributed by atoms with E-state index in [0.29, 0.717) is 19.5 Å². The Balaban J connectivity index is 2.19. The highest BCUT2D eigenvalue weighted by molar-refractivity contribution is 5.21. The maximum absolute atomic E-state index is 12.8. The number of benzene rings is 1. The molecule has 1 heterocycles. The van der Waals surface area contributed by atoms with Crippen molar-refractivity contribution >= 4 is 0 Å². The lowest BCUT2D eigenvalue weighted by molar-refractivity contribution is 0.179. The number of nitriles is 1. The lowest BCUT2D eigenvalue weighted by Gasteiger charge is -2.21. The zero-order valence-corrected chi connectivity index (χ0v) is 8.81. The van der Waals surface area contributed by atoms with E-state index in [4.69, 9.17) is 5.26 Å². The second kappa shape index (κ2) is 4.60.